The van der Waals surface area contributed by atoms with Crippen LogP contribution in [0.15, 0.2) is 15.7 Å². The van der Waals surface area contributed by atoms with Crippen LogP contribution in [0, 0.1) is 0 Å². The molecular weight excluding hydrogens is 308 g/mol. The summed E-state index contributed by atoms with van der Waals surface area (Å²) in [4.78, 5) is 0. The van der Waals surface area contributed by atoms with Crippen LogP contribution in [0.3, 0.4) is 0 Å². The number of nitrogens with zero attached hydrogens (tertiary/aromatic N) is 1. The highest BCUT2D eigenvalue weighted by Crippen LogP contribution is 2.26. The second-order valence-electron chi connectivity index (χ2n) is 4.92. The van der Waals surface area contributed by atoms with Crippen LogP contribution in [0.4, 0.5) is 0 Å². The molecule has 0 aromatic carbocycles. The van der Waals surface area contributed by atoms with Gasteiger partial charge in [-0.15, -0.1) is 11.3 Å². The maximum atomic E-state index is 12.8. The Morgan fingerprint density at radius 1 is 1.43 bits per heavy atom. The van der Waals surface area contributed by atoms with Gasteiger partial charge in [-0.2, -0.15) is 4.31 Å². The van der Waals surface area contributed by atoms with Crippen LogP contribution in [-0.2, 0) is 21.3 Å². The van der Waals surface area contributed by atoms with Gasteiger partial charge in [-0.25, -0.2) is 8.42 Å². The van der Waals surface area contributed by atoms with Crippen LogP contribution < -0.4 is 5.32 Å². The van der Waals surface area contributed by atoms with Crippen molar-refractivity contribution < 1.29 is 13.2 Å². The fraction of sp³-hybridized carbons (Fsp3) is 0.714. The van der Waals surface area contributed by atoms with Gasteiger partial charge in [0.05, 0.1) is 6.61 Å². The SMILES string of the molecule is CCNCc1csc(S(=O)(=O)N(CCOC)C(C)CC)c1. The molecule has 0 aliphatic heterocycles. The Labute approximate surface area is 132 Å². The Balaban J connectivity index is 2.96. The number of rotatable bonds is 10. The lowest BCUT2D eigenvalue weighted by atomic mass is 10.3. The van der Waals surface area contributed by atoms with Crippen molar-refractivity contribution in [1.29, 1.82) is 0 Å². The summed E-state index contributed by atoms with van der Waals surface area (Å²) >= 11 is 1.29. The quantitative estimate of drug-likeness (QED) is 0.713. The Kier molecular flexibility index (Phi) is 7.83. The van der Waals surface area contributed by atoms with E-state index in [2.05, 4.69) is 5.32 Å². The molecule has 1 N–H and O–H groups in total. The first-order valence-electron chi connectivity index (χ1n) is 7.26. The molecule has 0 bridgehead atoms. The maximum Gasteiger partial charge on any atom is 0.252 e. The summed E-state index contributed by atoms with van der Waals surface area (Å²) in [6.07, 6.45) is 0.776. The molecule has 0 saturated carbocycles. The molecule has 0 amide bonds. The van der Waals surface area contributed by atoms with Crippen LogP contribution in [0.25, 0.3) is 0 Å². The zero-order chi connectivity index (χ0) is 15.9. The van der Waals surface area contributed by atoms with E-state index in [1.54, 1.807) is 17.5 Å². The lowest BCUT2D eigenvalue weighted by Gasteiger charge is -2.26. The molecule has 1 rings (SSSR count). The molecule has 0 saturated heterocycles. The molecule has 0 fully saturated rings. The molecule has 21 heavy (non-hydrogen) atoms. The molecule has 0 radical (unpaired) electrons. The second-order valence-corrected chi connectivity index (χ2v) is 7.95. The smallest absolute Gasteiger partial charge is 0.252 e. The minimum absolute atomic E-state index is 0.0375. The number of ether oxygens (including phenoxy) is 1. The molecule has 7 heteroatoms. The predicted molar refractivity (Wildman–Crippen MR) is 87.2 cm³/mol. The van der Waals surface area contributed by atoms with Gasteiger partial charge in [0.25, 0.3) is 10.0 Å². The molecule has 1 unspecified atom stereocenters. The molecule has 5 nitrogen and oxygen atoms in total. The van der Waals surface area contributed by atoms with Crippen molar-refractivity contribution >= 4 is 21.4 Å². The van der Waals surface area contributed by atoms with Crippen molar-refractivity contribution in [2.75, 3.05) is 26.8 Å². The first-order chi connectivity index (χ1) is 9.97. The molecule has 0 aliphatic rings. The van der Waals surface area contributed by atoms with Crippen LogP contribution in [0.2, 0.25) is 0 Å². The van der Waals surface area contributed by atoms with Crippen molar-refractivity contribution in [3.63, 3.8) is 0 Å². The van der Waals surface area contributed by atoms with Crippen LogP contribution >= 0.6 is 11.3 Å². The van der Waals surface area contributed by atoms with E-state index in [0.717, 1.165) is 18.5 Å². The van der Waals surface area contributed by atoms with E-state index in [1.807, 2.05) is 26.2 Å². The number of sulfonamides is 1. The largest absolute Gasteiger partial charge is 0.383 e. The van der Waals surface area contributed by atoms with Gasteiger partial charge in [0.15, 0.2) is 0 Å². The average Bonchev–Trinajstić information content (AvgIpc) is 2.94. The third-order valence-corrected chi connectivity index (χ3v) is 6.85. The minimum Gasteiger partial charge on any atom is -0.383 e. The summed E-state index contributed by atoms with van der Waals surface area (Å²) in [5, 5.41) is 5.11. The molecular formula is C14H26N2O3S2. The Morgan fingerprint density at radius 2 is 2.14 bits per heavy atom. The number of hydrogen-bond acceptors (Lipinski definition) is 5. The lowest BCUT2D eigenvalue weighted by molar-refractivity contribution is 0.167. The first kappa shape index (κ1) is 18.6. The fourth-order valence-electron chi connectivity index (χ4n) is 1.93. The normalized spacial score (nSPS) is 13.8. The zero-order valence-corrected chi connectivity index (χ0v) is 14.9. The fourth-order valence-corrected chi connectivity index (χ4v) is 4.95. The summed E-state index contributed by atoms with van der Waals surface area (Å²) in [6.45, 7) is 8.30. The van der Waals surface area contributed by atoms with Crippen molar-refractivity contribution in [1.82, 2.24) is 9.62 Å². The Morgan fingerprint density at radius 3 is 2.71 bits per heavy atom. The number of nitrogens with one attached hydrogen (secondary N) is 1. The van der Waals surface area contributed by atoms with E-state index in [1.165, 1.54) is 11.3 Å². The minimum atomic E-state index is -3.44. The summed E-state index contributed by atoms with van der Waals surface area (Å²) in [5.74, 6) is 0. The van der Waals surface area contributed by atoms with Gasteiger partial charge in [0, 0.05) is 26.2 Å². The standard InChI is InChI=1S/C14H26N2O3S2/c1-5-12(3)16(7-8-19-4)21(17,18)14-9-13(11-20-14)10-15-6-2/h9,11-12,15H,5-8,10H2,1-4H3. The third kappa shape index (κ3) is 5.03. The summed E-state index contributed by atoms with van der Waals surface area (Å²) in [5.41, 5.74) is 1.01. The lowest BCUT2D eigenvalue weighted by Crippen LogP contribution is -2.40. The Bertz CT molecular complexity index is 514. The van der Waals surface area contributed by atoms with Gasteiger partial charge in [0.1, 0.15) is 4.21 Å². The number of hydrogen-bond donors (Lipinski definition) is 1. The van der Waals surface area contributed by atoms with Crippen molar-refractivity contribution in [2.45, 2.75) is 44.0 Å². The van der Waals surface area contributed by atoms with Gasteiger partial charge in [-0.3, -0.25) is 0 Å². The van der Waals surface area contributed by atoms with Gasteiger partial charge in [-0.1, -0.05) is 13.8 Å². The summed E-state index contributed by atoms with van der Waals surface area (Å²) in [6, 6.07) is 1.73. The van der Waals surface area contributed by atoms with Gasteiger partial charge in [-0.05, 0) is 36.9 Å². The maximum absolute atomic E-state index is 12.8. The molecule has 0 aliphatic carbocycles. The highest BCUT2D eigenvalue weighted by atomic mass is 32.2. The second kappa shape index (κ2) is 8.85. The predicted octanol–water partition coefficient (Wildman–Crippen LogP) is 2.29. The van der Waals surface area contributed by atoms with Crippen molar-refractivity contribution in [3.05, 3.63) is 17.0 Å². The number of thiophene rings is 1. The van der Waals surface area contributed by atoms with E-state index in [-0.39, 0.29) is 6.04 Å². The summed E-state index contributed by atoms with van der Waals surface area (Å²) in [7, 11) is -1.86. The van der Waals surface area contributed by atoms with Gasteiger partial charge >= 0.3 is 0 Å². The highest BCUT2D eigenvalue weighted by molar-refractivity contribution is 7.91. The topological polar surface area (TPSA) is 58.6 Å². The Hall–Kier alpha value is -0.470. The molecule has 1 heterocycles. The average molecular weight is 335 g/mol. The third-order valence-electron chi connectivity index (χ3n) is 3.37. The molecule has 1 atom stereocenters. The van der Waals surface area contributed by atoms with Gasteiger partial charge in [0.2, 0.25) is 0 Å². The van der Waals surface area contributed by atoms with E-state index in [9.17, 15) is 8.42 Å². The van der Waals surface area contributed by atoms with Crippen LogP contribution in [-0.4, -0.2) is 45.6 Å². The van der Waals surface area contributed by atoms with E-state index in [4.69, 9.17) is 4.74 Å². The monoisotopic (exact) mass is 334 g/mol. The van der Waals surface area contributed by atoms with E-state index < -0.39 is 10.0 Å². The van der Waals surface area contributed by atoms with Crippen LogP contribution in [0.5, 0.6) is 0 Å². The molecule has 122 valence electrons. The highest BCUT2D eigenvalue weighted by Gasteiger charge is 2.29. The van der Waals surface area contributed by atoms with Crippen molar-refractivity contribution in [2.24, 2.45) is 0 Å². The van der Waals surface area contributed by atoms with Crippen LogP contribution in [0.1, 0.15) is 32.8 Å². The van der Waals surface area contributed by atoms with E-state index >= 15 is 0 Å². The summed E-state index contributed by atoms with van der Waals surface area (Å²) < 4.78 is 32.6. The van der Waals surface area contributed by atoms with E-state index in [0.29, 0.717) is 23.9 Å². The molecule has 0 spiro atoms. The number of methoxy groups -OCH3 is 1. The zero-order valence-electron chi connectivity index (χ0n) is 13.3. The molecule has 1 aromatic heterocycles. The van der Waals surface area contributed by atoms with Gasteiger partial charge < -0.3 is 10.1 Å². The van der Waals surface area contributed by atoms with Crippen molar-refractivity contribution in [3.8, 4) is 0 Å². The molecule has 1 aromatic rings. The first-order valence-corrected chi connectivity index (χ1v) is 9.58.